The molecule has 0 radical (unpaired) electrons. The van der Waals surface area contributed by atoms with Crippen LogP contribution in [0.15, 0.2) is 16.6 Å². The fraction of sp³-hybridized carbons (Fsp3) is 0.455. The van der Waals surface area contributed by atoms with Gasteiger partial charge in [-0.1, -0.05) is 13.0 Å². The lowest BCUT2D eigenvalue weighted by molar-refractivity contribution is 0.586. The van der Waals surface area contributed by atoms with E-state index in [9.17, 15) is 4.39 Å². The van der Waals surface area contributed by atoms with Crippen LogP contribution >= 0.6 is 27.7 Å². The first-order chi connectivity index (χ1) is 7.24. The van der Waals surface area contributed by atoms with Gasteiger partial charge in [0.05, 0.1) is 4.47 Å². The molecule has 0 spiro atoms. The van der Waals surface area contributed by atoms with Crippen LogP contribution in [0.1, 0.15) is 24.1 Å². The largest absolute Gasteiger partial charge is 0.309 e. The van der Waals surface area contributed by atoms with E-state index in [1.165, 1.54) is 5.56 Å². The predicted molar refractivity (Wildman–Crippen MR) is 66.7 cm³/mol. The van der Waals surface area contributed by atoms with Crippen LogP contribution < -0.4 is 5.32 Å². The standard InChI is InChI=1S/C11H13BrFNS/c1-2-14-10-6-15-5-8-7(10)3-4-9(13)11(8)12/h3-4,10,14H,2,5-6H2,1H3. The van der Waals surface area contributed by atoms with E-state index in [4.69, 9.17) is 0 Å². The maximum Gasteiger partial charge on any atom is 0.137 e. The van der Waals surface area contributed by atoms with E-state index in [0.29, 0.717) is 10.5 Å². The Bertz CT molecular complexity index is 370. The number of nitrogens with one attached hydrogen (secondary N) is 1. The van der Waals surface area contributed by atoms with E-state index in [2.05, 4.69) is 28.2 Å². The zero-order valence-electron chi connectivity index (χ0n) is 8.52. The SMILES string of the molecule is CCNC1CSCc2c1ccc(F)c2Br. The van der Waals surface area contributed by atoms with Crippen molar-refractivity contribution in [1.29, 1.82) is 0 Å². The molecule has 0 saturated carbocycles. The first kappa shape index (κ1) is 11.4. The summed E-state index contributed by atoms with van der Waals surface area (Å²) in [6.45, 7) is 3.04. The summed E-state index contributed by atoms with van der Waals surface area (Å²) >= 11 is 5.18. The molecule has 1 unspecified atom stereocenters. The molecule has 1 atom stereocenters. The number of hydrogen-bond donors (Lipinski definition) is 1. The molecule has 82 valence electrons. The highest BCUT2D eigenvalue weighted by Crippen LogP contribution is 2.36. The van der Waals surface area contributed by atoms with Crippen LogP contribution in [0, 0.1) is 5.82 Å². The summed E-state index contributed by atoms with van der Waals surface area (Å²) in [5.41, 5.74) is 2.35. The molecule has 1 heterocycles. The molecule has 1 aromatic carbocycles. The molecule has 1 N–H and O–H groups in total. The van der Waals surface area contributed by atoms with E-state index >= 15 is 0 Å². The van der Waals surface area contributed by atoms with Gasteiger partial charge in [-0.2, -0.15) is 11.8 Å². The normalized spacial score (nSPS) is 20.1. The number of fused-ring (bicyclic) bond motifs is 1. The van der Waals surface area contributed by atoms with Crippen molar-refractivity contribution in [1.82, 2.24) is 5.32 Å². The van der Waals surface area contributed by atoms with Crippen LogP contribution in [0.25, 0.3) is 0 Å². The maximum atomic E-state index is 13.3. The Morgan fingerprint density at radius 2 is 2.40 bits per heavy atom. The third kappa shape index (κ3) is 2.22. The Kier molecular flexibility index (Phi) is 3.69. The first-order valence-corrected chi connectivity index (χ1v) is 6.96. The average molecular weight is 290 g/mol. The van der Waals surface area contributed by atoms with Gasteiger partial charge in [0.2, 0.25) is 0 Å². The minimum absolute atomic E-state index is 0.161. The van der Waals surface area contributed by atoms with Gasteiger partial charge in [-0.25, -0.2) is 4.39 Å². The van der Waals surface area contributed by atoms with Crippen molar-refractivity contribution in [3.8, 4) is 0 Å². The molecule has 2 rings (SSSR count). The van der Waals surface area contributed by atoms with Crippen molar-refractivity contribution in [3.63, 3.8) is 0 Å². The van der Waals surface area contributed by atoms with E-state index in [1.807, 2.05) is 17.8 Å². The fourth-order valence-corrected chi connectivity index (χ4v) is 3.72. The predicted octanol–water partition coefficient (Wildman–Crippen LogP) is 3.49. The number of rotatable bonds is 2. The Morgan fingerprint density at radius 1 is 1.60 bits per heavy atom. The summed E-state index contributed by atoms with van der Waals surface area (Å²) in [4.78, 5) is 0. The summed E-state index contributed by atoms with van der Waals surface area (Å²) in [5, 5.41) is 3.42. The van der Waals surface area contributed by atoms with Gasteiger partial charge in [0.15, 0.2) is 0 Å². The maximum absolute atomic E-state index is 13.3. The summed E-state index contributed by atoms with van der Waals surface area (Å²) in [6.07, 6.45) is 0. The third-order valence-electron chi connectivity index (χ3n) is 2.59. The molecule has 0 aliphatic carbocycles. The van der Waals surface area contributed by atoms with Crippen LogP contribution in [0.2, 0.25) is 0 Å². The summed E-state index contributed by atoms with van der Waals surface area (Å²) in [7, 11) is 0. The second kappa shape index (κ2) is 4.85. The molecule has 0 saturated heterocycles. The van der Waals surface area contributed by atoms with Crippen molar-refractivity contribution in [2.75, 3.05) is 12.3 Å². The number of halogens is 2. The lowest BCUT2D eigenvalue weighted by Crippen LogP contribution is -2.26. The summed E-state index contributed by atoms with van der Waals surface area (Å²) < 4.78 is 14.0. The van der Waals surface area contributed by atoms with Crippen LogP contribution in [-0.2, 0) is 5.75 Å². The molecular weight excluding hydrogens is 277 g/mol. The highest BCUT2D eigenvalue weighted by molar-refractivity contribution is 9.10. The monoisotopic (exact) mass is 289 g/mol. The van der Waals surface area contributed by atoms with Gasteiger partial charge in [-0.15, -0.1) is 0 Å². The first-order valence-electron chi connectivity index (χ1n) is 5.02. The van der Waals surface area contributed by atoms with Crippen LogP contribution in [0.3, 0.4) is 0 Å². The molecule has 1 nitrogen and oxygen atoms in total. The van der Waals surface area contributed by atoms with Crippen molar-refractivity contribution in [2.24, 2.45) is 0 Å². The van der Waals surface area contributed by atoms with Gasteiger partial charge in [-0.3, -0.25) is 0 Å². The average Bonchev–Trinajstić information content (AvgIpc) is 2.25. The molecule has 0 bridgehead atoms. The van der Waals surface area contributed by atoms with Gasteiger partial charge < -0.3 is 5.32 Å². The zero-order valence-corrected chi connectivity index (χ0v) is 10.9. The second-order valence-electron chi connectivity index (χ2n) is 3.55. The molecular formula is C11H13BrFNS. The number of benzene rings is 1. The molecule has 0 fully saturated rings. The number of hydrogen-bond acceptors (Lipinski definition) is 2. The van der Waals surface area contributed by atoms with Crippen molar-refractivity contribution >= 4 is 27.7 Å². The molecule has 0 amide bonds. The van der Waals surface area contributed by atoms with E-state index < -0.39 is 0 Å². The molecule has 1 aliphatic rings. The van der Waals surface area contributed by atoms with Crippen LogP contribution in [0.4, 0.5) is 4.39 Å². The van der Waals surface area contributed by atoms with Gasteiger partial charge >= 0.3 is 0 Å². The fourth-order valence-electron chi connectivity index (χ4n) is 1.86. The number of thioether (sulfide) groups is 1. The third-order valence-corrected chi connectivity index (χ3v) is 4.51. The highest BCUT2D eigenvalue weighted by atomic mass is 79.9. The van der Waals surface area contributed by atoms with Gasteiger partial charge in [0.25, 0.3) is 0 Å². The van der Waals surface area contributed by atoms with Crippen molar-refractivity contribution in [3.05, 3.63) is 33.5 Å². The zero-order chi connectivity index (χ0) is 10.8. The smallest absolute Gasteiger partial charge is 0.137 e. The van der Waals surface area contributed by atoms with E-state index in [-0.39, 0.29) is 5.82 Å². The quantitative estimate of drug-likeness (QED) is 0.895. The minimum atomic E-state index is -0.161. The van der Waals surface area contributed by atoms with Gasteiger partial charge in [-0.05, 0) is 39.7 Å². The van der Waals surface area contributed by atoms with Crippen molar-refractivity contribution < 1.29 is 4.39 Å². The lowest BCUT2D eigenvalue weighted by Gasteiger charge is -2.26. The Hall–Kier alpha value is -0.0600. The summed E-state index contributed by atoms with van der Waals surface area (Å²) in [5.74, 6) is 1.81. The molecule has 4 heteroatoms. The lowest BCUT2D eigenvalue weighted by atomic mass is 10.0. The molecule has 0 aromatic heterocycles. The Morgan fingerprint density at radius 3 is 3.13 bits per heavy atom. The topological polar surface area (TPSA) is 12.0 Å². The van der Waals surface area contributed by atoms with Crippen LogP contribution in [-0.4, -0.2) is 12.3 Å². The Labute approximate surface area is 102 Å². The Balaban J connectivity index is 2.40. The summed E-state index contributed by atoms with van der Waals surface area (Å²) in [6, 6.07) is 3.81. The van der Waals surface area contributed by atoms with Gasteiger partial charge in [0, 0.05) is 17.5 Å². The second-order valence-corrected chi connectivity index (χ2v) is 5.38. The molecule has 1 aromatic rings. The van der Waals surface area contributed by atoms with E-state index in [1.54, 1.807) is 6.07 Å². The molecule has 15 heavy (non-hydrogen) atoms. The van der Waals surface area contributed by atoms with Gasteiger partial charge in [0.1, 0.15) is 5.82 Å². The minimum Gasteiger partial charge on any atom is -0.309 e. The molecule has 1 aliphatic heterocycles. The van der Waals surface area contributed by atoms with E-state index in [0.717, 1.165) is 23.6 Å². The highest BCUT2D eigenvalue weighted by Gasteiger charge is 2.22. The van der Waals surface area contributed by atoms with Crippen LogP contribution in [0.5, 0.6) is 0 Å². The van der Waals surface area contributed by atoms with Crippen molar-refractivity contribution in [2.45, 2.75) is 18.7 Å².